The van der Waals surface area contributed by atoms with Gasteiger partial charge < -0.3 is 10.2 Å². The fraction of sp³-hybridized carbons (Fsp3) is 0.278. The minimum absolute atomic E-state index is 0.0400. The Bertz CT molecular complexity index is 758. The predicted molar refractivity (Wildman–Crippen MR) is 87.0 cm³/mol. The number of rotatable bonds is 3. The summed E-state index contributed by atoms with van der Waals surface area (Å²) in [5.41, 5.74) is 1.52. The number of nitrogens with one attached hydrogen (secondary N) is 1. The van der Waals surface area contributed by atoms with Gasteiger partial charge in [-0.05, 0) is 43.2 Å². The van der Waals surface area contributed by atoms with E-state index in [0.29, 0.717) is 0 Å². The maximum Gasteiger partial charge on any atom is 0.416 e. The lowest BCUT2D eigenvalue weighted by Gasteiger charge is -2.23. The van der Waals surface area contributed by atoms with E-state index in [1.54, 1.807) is 4.90 Å². The first-order valence-corrected chi connectivity index (χ1v) is 7.67. The molecule has 1 unspecified atom stereocenters. The summed E-state index contributed by atoms with van der Waals surface area (Å²) in [6.45, 7) is 1.90. The van der Waals surface area contributed by atoms with E-state index >= 15 is 0 Å². The third-order valence-electron chi connectivity index (χ3n) is 4.11. The highest BCUT2D eigenvalue weighted by molar-refractivity contribution is 5.98. The number of anilines is 2. The Morgan fingerprint density at radius 2 is 1.96 bits per heavy atom. The molecule has 1 atom stereocenters. The van der Waals surface area contributed by atoms with Crippen molar-refractivity contribution in [2.45, 2.75) is 25.6 Å². The van der Waals surface area contributed by atoms with Crippen LogP contribution in [0.2, 0.25) is 0 Å². The fourth-order valence-corrected chi connectivity index (χ4v) is 3.01. The van der Waals surface area contributed by atoms with Gasteiger partial charge in [0.2, 0.25) is 5.91 Å². The minimum atomic E-state index is -4.40. The average molecular weight is 334 g/mol. The Kier molecular flexibility index (Phi) is 4.22. The van der Waals surface area contributed by atoms with E-state index in [-0.39, 0.29) is 24.2 Å². The molecule has 0 fully saturated rings. The molecular formula is C18H17F3N2O. The number of para-hydroxylation sites is 1. The number of hydrogen-bond acceptors (Lipinski definition) is 2. The molecule has 1 aliphatic heterocycles. The van der Waals surface area contributed by atoms with Crippen LogP contribution < -0.4 is 10.2 Å². The van der Waals surface area contributed by atoms with Crippen LogP contribution in [0, 0.1) is 0 Å². The van der Waals surface area contributed by atoms with Crippen LogP contribution in [0.25, 0.3) is 0 Å². The second kappa shape index (κ2) is 6.19. The van der Waals surface area contributed by atoms with Gasteiger partial charge in [-0.3, -0.25) is 4.79 Å². The van der Waals surface area contributed by atoms with Crippen molar-refractivity contribution in [2.24, 2.45) is 0 Å². The topological polar surface area (TPSA) is 32.3 Å². The van der Waals surface area contributed by atoms with Gasteiger partial charge in [0.25, 0.3) is 0 Å². The predicted octanol–water partition coefficient (Wildman–Crippen LogP) is 4.10. The molecular weight excluding hydrogens is 317 g/mol. The Morgan fingerprint density at radius 1 is 1.21 bits per heavy atom. The van der Waals surface area contributed by atoms with E-state index in [2.05, 4.69) is 5.32 Å². The van der Waals surface area contributed by atoms with Gasteiger partial charge in [-0.25, -0.2) is 0 Å². The Hall–Kier alpha value is -2.50. The van der Waals surface area contributed by atoms with Crippen molar-refractivity contribution in [1.82, 2.24) is 0 Å². The van der Waals surface area contributed by atoms with Crippen molar-refractivity contribution in [2.75, 3.05) is 16.8 Å². The zero-order valence-corrected chi connectivity index (χ0v) is 13.1. The highest BCUT2D eigenvalue weighted by Crippen LogP contribution is 2.32. The highest BCUT2D eigenvalue weighted by Gasteiger charge is 2.31. The van der Waals surface area contributed by atoms with Crippen molar-refractivity contribution >= 4 is 17.3 Å². The zero-order valence-electron chi connectivity index (χ0n) is 13.1. The van der Waals surface area contributed by atoms with Crippen LogP contribution in [0.3, 0.4) is 0 Å². The molecule has 0 aromatic heterocycles. The van der Waals surface area contributed by atoms with Crippen molar-refractivity contribution < 1.29 is 18.0 Å². The normalized spacial score (nSPS) is 16.8. The molecule has 1 aliphatic rings. The zero-order chi connectivity index (χ0) is 17.3. The van der Waals surface area contributed by atoms with Crippen molar-refractivity contribution in [3.8, 4) is 0 Å². The molecule has 126 valence electrons. The molecule has 0 aliphatic carbocycles. The first-order valence-electron chi connectivity index (χ1n) is 7.67. The Balaban J connectivity index is 1.71. The van der Waals surface area contributed by atoms with Gasteiger partial charge >= 0.3 is 6.18 Å². The lowest BCUT2D eigenvalue weighted by atomic mass is 10.1. The second-order valence-corrected chi connectivity index (χ2v) is 5.88. The number of amides is 1. The maximum atomic E-state index is 12.7. The van der Waals surface area contributed by atoms with E-state index in [9.17, 15) is 18.0 Å². The standard InChI is InChI=1S/C18H17F3N2O/c1-12-9-13-5-2-3-8-16(13)23(12)17(24)11-22-15-7-4-6-14(10-15)18(19,20)21/h2-8,10,12,22H,9,11H2,1H3. The minimum Gasteiger partial charge on any atom is -0.376 e. The molecule has 1 N–H and O–H groups in total. The molecule has 24 heavy (non-hydrogen) atoms. The van der Waals surface area contributed by atoms with Gasteiger partial charge in [0.15, 0.2) is 0 Å². The van der Waals surface area contributed by atoms with E-state index in [1.165, 1.54) is 12.1 Å². The molecule has 6 heteroatoms. The van der Waals surface area contributed by atoms with Gasteiger partial charge in [-0.2, -0.15) is 13.2 Å². The number of carbonyl (C=O) groups excluding carboxylic acids is 1. The summed E-state index contributed by atoms with van der Waals surface area (Å²) in [5.74, 6) is -0.162. The summed E-state index contributed by atoms with van der Waals surface area (Å²) < 4.78 is 38.2. The molecule has 0 spiro atoms. The molecule has 1 amide bonds. The third-order valence-corrected chi connectivity index (χ3v) is 4.11. The average Bonchev–Trinajstić information content (AvgIpc) is 2.88. The largest absolute Gasteiger partial charge is 0.416 e. The van der Waals surface area contributed by atoms with Crippen LogP contribution >= 0.6 is 0 Å². The molecule has 3 nitrogen and oxygen atoms in total. The molecule has 0 saturated carbocycles. The second-order valence-electron chi connectivity index (χ2n) is 5.88. The third kappa shape index (κ3) is 3.22. The lowest BCUT2D eigenvalue weighted by Crippen LogP contribution is -2.39. The summed E-state index contributed by atoms with van der Waals surface area (Å²) in [6.07, 6.45) is -3.62. The van der Waals surface area contributed by atoms with Crippen molar-refractivity contribution in [3.05, 3.63) is 59.7 Å². The van der Waals surface area contributed by atoms with E-state index in [0.717, 1.165) is 29.8 Å². The summed E-state index contributed by atoms with van der Waals surface area (Å²) in [5, 5.41) is 2.79. The SMILES string of the molecule is CC1Cc2ccccc2N1C(=O)CNc1cccc(C(F)(F)F)c1. The van der Waals surface area contributed by atoms with Gasteiger partial charge in [-0.1, -0.05) is 24.3 Å². The maximum absolute atomic E-state index is 12.7. The smallest absolute Gasteiger partial charge is 0.376 e. The lowest BCUT2D eigenvalue weighted by molar-refractivity contribution is -0.137. The molecule has 1 heterocycles. The number of nitrogens with zero attached hydrogens (tertiary/aromatic N) is 1. The highest BCUT2D eigenvalue weighted by atomic mass is 19.4. The quantitative estimate of drug-likeness (QED) is 0.917. The first-order chi connectivity index (χ1) is 11.4. The summed E-state index contributed by atoms with van der Waals surface area (Å²) in [4.78, 5) is 14.2. The van der Waals surface area contributed by atoms with Crippen LogP contribution in [0.15, 0.2) is 48.5 Å². The number of halogens is 3. The molecule has 0 radical (unpaired) electrons. The van der Waals surface area contributed by atoms with Crippen LogP contribution in [0.4, 0.5) is 24.5 Å². The van der Waals surface area contributed by atoms with Gasteiger partial charge in [0.1, 0.15) is 0 Å². The van der Waals surface area contributed by atoms with E-state index < -0.39 is 11.7 Å². The van der Waals surface area contributed by atoms with Crippen LogP contribution in [0.1, 0.15) is 18.1 Å². The van der Waals surface area contributed by atoms with Crippen LogP contribution in [0.5, 0.6) is 0 Å². The molecule has 0 saturated heterocycles. The van der Waals surface area contributed by atoms with Gasteiger partial charge in [0, 0.05) is 17.4 Å². The fourth-order valence-electron chi connectivity index (χ4n) is 3.01. The van der Waals surface area contributed by atoms with Crippen molar-refractivity contribution in [1.29, 1.82) is 0 Å². The monoisotopic (exact) mass is 334 g/mol. The molecule has 0 bridgehead atoms. The van der Waals surface area contributed by atoms with E-state index in [4.69, 9.17) is 0 Å². The van der Waals surface area contributed by atoms with Gasteiger partial charge in [0.05, 0.1) is 12.1 Å². The summed E-state index contributed by atoms with van der Waals surface area (Å²) in [7, 11) is 0. The molecule has 2 aromatic carbocycles. The number of alkyl halides is 3. The van der Waals surface area contributed by atoms with E-state index in [1.807, 2.05) is 31.2 Å². The molecule has 2 aromatic rings. The molecule has 3 rings (SSSR count). The summed E-state index contributed by atoms with van der Waals surface area (Å²) >= 11 is 0. The first kappa shape index (κ1) is 16.4. The Morgan fingerprint density at radius 3 is 2.71 bits per heavy atom. The van der Waals surface area contributed by atoms with Crippen molar-refractivity contribution in [3.63, 3.8) is 0 Å². The summed E-state index contributed by atoms with van der Waals surface area (Å²) in [6, 6.07) is 12.6. The number of carbonyl (C=O) groups is 1. The number of fused-ring (bicyclic) bond motifs is 1. The number of benzene rings is 2. The van der Waals surface area contributed by atoms with Crippen LogP contribution in [-0.4, -0.2) is 18.5 Å². The number of hydrogen-bond donors (Lipinski definition) is 1. The van der Waals surface area contributed by atoms with Gasteiger partial charge in [-0.15, -0.1) is 0 Å². The Labute approximate surface area is 138 Å². The van der Waals surface area contributed by atoms with Crippen LogP contribution in [-0.2, 0) is 17.4 Å².